The van der Waals surface area contributed by atoms with Gasteiger partial charge >= 0.3 is 0 Å². The predicted octanol–water partition coefficient (Wildman–Crippen LogP) is 3.41. The van der Waals surface area contributed by atoms with Gasteiger partial charge in [0.25, 0.3) is 0 Å². The second kappa shape index (κ2) is 6.60. The van der Waals surface area contributed by atoms with Gasteiger partial charge in [0.15, 0.2) is 0 Å². The lowest BCUT2D eigenvalue weighted by Gasteiger charge is -2.21. The maximum Gasteiger partial charge on any atom is 0.227 e. The number of nitrogens with zero attached hydrogens (tertiary/aromatic N) is 1. The van der Waals surface area contributed by atoms with Gasteiger partial charge in [-0.3, -0.25) is 4.79 Å². The molecule has 0 radical (unpaired) electrons. The van der Waals surface area contributed by atoms with E-state index in [0.717, 1.165) is 35.5 Å². The van der Waals surface area contributed by atoms with Gasteiger partial charge in [0, 0.05) is 48.1 Å². The van der Waals surface area contributed by atoms with Gasteiger partial charge in [-0.15, -0.1) is 0 Å². The normalized spacial score (nSPS) is 14.5. The van der Waals surface area contributed by atoms with Crippen LogP contribution in [-0.4, -0.2) is 31.1 Å². The highest BCUT2D eigenvalue weighted by Gasteiger charge is 2.27. The smallest absolute Gasteiger partial charge is 0.227 e. The van der Waals surface area contributed by atoms with Crippen LogP contribution in [0.25, 0.3) is 0 Å². The van der Waals surface area contributed by atoms with Gasteiger partial charge in [-0.25, -0.2) is 0 Å². The minimum atomic E-state index is 0.0746. The molecule has 4 nitrogen and oxygen atoms in total. The third-order valence-electron chi connectivity index (χ3n) is 4.85. The number of ether oxygens (including phenoxy) is 2. The molecule has 0 atom stereocenters. The molecule has 2 aromatic rings. The molecule has 0 bridgehead atoms. The number of likely N-dealkylation sites (N-methyl/N-ethyl adjacent to an activating group) is 1. The summed E-state index contributed by atoms with van der Waals surface area (Å²) in [6.07, 6.45) is 2.14. The van der Waals surface area contributed by atoms with Crippen molar-refractivity contribution in [2.75, 3.05) is 20.3 Å². The van der Waals surface area contributed by atoms with E-state index < -0.39 is 0 Å². The van der Waals surface area contributed by atoms with Crippen LogP contribution in [0.15, 0.2) is 30.3 Å². The Morgan fingerprint density at radius 3 is 2.72 bits per heavy atom. The Morgan fingerprint density at radius 1 is 1.16 bits per heavy atom. The number of carbonyl (C=O) groups is 1. The fourth-order valence-corrected chi connectivity index (χ4v) is 3.62. The molecule has 0 aromatic heterocycles. The highest BCUT2D eigenvalue weighted by molar-refractivity contribution is 6.30. The Hall–Kier alpha value is -2.20. The molecular weight excluding hydrogens is 338 g/mol. The minimum absolute atomic E-state index is 0.0746. The van der Waals surface area contributed by atoms with Crippen molar-refractivity contribution in [1.29, 1.82) is 0 Å². The summed E-state index contributed by atoms with van der Waals surface area (Å²) in [5.41, 5.74) is 4.44. The van der Waals surface area contributed by atoms with Crippen LogP contribution in [-0.2, 0) is 30.6 Å². The molecule has 1 amide bonds. The molecule has 2 aromatic carbocycles. The molecule has 2 heterocycles. The van der Waals surface area contributed by atoms with E-state index in [9.17, 15) is 4.79 Å². The van der Waals surface area contributed by atoms with Crippen LogP contribution in [0, 0.1) is 0 Å². The average Bonchev–Trinajstić information content (AvgIpc) is 3.25. The van der Waals surface area contributed by atoms with Crippen molar-refractivity contribution in [3.63, 3.8) is 0 Å². The number of amides is 1. The Balaban J connectivity index is 1.54. The van der Waals surface area contributed by atoms with Crippen LogP contribution in [0.2, 0.25) is 5.02 Å². The molecule has 0 N–H and O–H groups in total. The summed E-state index contributed by atoms with van der Waals surface area (Å²) in [6, 6.07) is 9.51. The average molecular weight is 358 g/mol. The van der Waals surface area contributed by atoms with E-state index in [-0.39, 0.29) is 5.91 Å². The molecule has 0 saturated heterocycles. The lowest BCUT2D eigenvalue weighted by molar-refractivity contribution is -0.129. The lowest BCUT2D eigenvalue weighted by atomic mass is 9.99. The topological polar surface area (TPSA) is 38.8 Å². The summed E-state index contributed by atoms with van der Waals surface area (Å²) in [6.45, 7) is 1.95. The number of halogens is 1. The number of hydrogen-bond acceptors (Lipinski definition) is 3. The second-order valence-electron chi connectivity index (χ2n) is 6.57. The van der Waals surface area contributed by atoms with Crippen LogP contribution in [0.3, 0.4) is 0 Å². The Kier molecular flexibility index (Phi) is 4.30. The number of hydrogen-bond donors (Lipinski definition) is 0. The molecular formula is C20H20ClNO3. The maximum atomic E-state index is 12.6. The molecule has 25 heavy (non-hydrogen) atoms. The first kappa shape index (κ1) is 16.3. The highest BCUT2D eigenvalue weighted by atomic mass is 35.5. The van der Waals surface area contributed by atoms with E-state index >= 15 is 0 Å². The van der Waals surface area contributed by atoms with Gasteiger partial charge in [-0.05, 0) is 23.8 Å². The van der Waals surface area contributed by atoms with Gasteiger partial charge in [0.1, 0.15) is 11.5 Å². The monoisotopic (exact) mass is 357 g/mol. The van der Waals surface area contributed by atoms with Gasteiger partial charge in [-0.2, -0.15) is 0 Å². The molecule has 2 aliphatic heterocycles. The van der Waals surface area contributed by atoms with E-state index in [2.05, 4.69) is 6.07 Å². The molecule has 5 heteroatoms. The fraction of sp³-hybridized carbons (Fsp3) is 0.350. The number of rotatable bonds is 4. The highest BCUT2D eigenvalue weighted by Crippen LogP contribution is 2.41. The first-order chi connectivity index (χ1) is 12.1. The molecule has 0 saturated carbocycles. The third-order valence-corrected chi connectivity index (χ3v) is 5.10. The van der Waals surface area contributed by atoms with Gasteiger partial charge in [-0.1, -0.05) is 23.7 Å². The number of carbonyl (C=O) groups excluding carboxylic acids is 1. The van der Waals surface area contributed by atoms with Crippen molar-refractivity contribution >= 4 is 17.5 Å². The molecule has 2 aliphatic rings. The van der Waals surface area contributed by atoms with Crippen LogP contribution >= 0.6 is 11.6 Å². The Morgan fingerprint density at radius 2 is 1.92 bits per heavy atom. The van der Waals surface area contributed by atoms with Crippen molar-refractivity contribution in [2.45, 2.75) is 25.8 Å². The van der Waals surface area contributed by atoms with Crippen LogP contribution in [0.4, 0.5) is 0 Å². The minimum Gasteiger partial charge on any atom is -0.493 e. The molecule has 4 rings (SSSR count). The van der Waals surface area contributed by atoms with E-state index in [1.54, 1.807) is 4.90 Å². The standard InChI is InChI=1S/C20H20ClNO3/c1-22(19(23)10-13-2-4-15(21)5-3-13)12-17-16-7-9-24-18(16)11-14-6-8-25-20(14)17/h2-5,11H,6-10,12H2,1H3. The van der Waals surface area contributed by atoms with E-state index in [4.69, 9.17) is 21.1 Å². The molecule has 0 spiro atoms. The van der Waals surface area contributed by atoms with Crippen molar-refractivity contribution in [3.8, 4) is 11.5 Å². The van der Waals surface area contributed by atoms with E-state index in [0.29, 0.717) is 31.2 Å². The van der Waals surface area contributed by atoms with E-state index in [1.807, 2.05) is 31.3 Å². The summed E-state index contributed by atoms with van der Waals surface area (Å²) < 4.78 is 11.6. The lowest BCUT2D eigenvalue weighted by Crippen LogP contribution is -2.28. The van der Waals surface area contributed by atoms with Crippen LogP contribution in [0.1, 0.15) is 22.3 Å². The van der Waals surface area contributed by atoms with Crippen LogP contribution in [0.5, 0.6) is 11.5 Å². The zero-order valence-electron chi connectivity index (χ0n) is 14.2. The zero-order valence-corrected chi connectivity index (χ0v) is 14.9. The molecule has 0 unspecified atom stereocenters. The summed E-state index contributed by atoms with van der Waals surface area (Å²) in [5.74, 6) is 1.98. The van der Waals surface area contributed by atoms with Crippen LogP contribution < -0.4 is 9.47 Å². The maximum absolute atomic E-state index is 12.6. The quantitative estimate of drug-likeness (QED) is 0.841. The fourth-order valence-electron chi connectivity index (χ4n) is 3.49. The third kappa shape index (κ3) is 3.19. The van der Waals surface area contributed by atoms with Crippen molar-refractivity contribution in [2.24, 2.45) is 0 Å². The van der Waals surface area contributed by atoms with E-state index in [1.165, 1.54) is 11.1 Å². The summed E-state index contributed by atoms with van der Waals surface area (Å²) in [5, 5.41) is 0.678. The van der Waals surface area contributed by atoms with Crippen molar-refractivity contribution < 1.29 is 14.3 Å². The summed E-state index contributed by atoms with van der Waals surface area (Å²) in [4.78, 5) is 14.4. The second-order valence-corrected chi connectivity index (χ2v) is 7.01. The van der Waals surface area contributed by atoms with Crippen molar-refractivity contribution in [1.82, 2.24) is 4.90 Å². The first-order valence-electron chi connectivity index (χ1n) is 8.53. The summed E-state index contributed by atoms with van der Waals surface area (Å²) >= 11 is 5.91. The first-order valence-corrected chi connectivity index (χ1v) is 8.91. The number of fused-ring (bicyclic) bond motifs is 2. The SMILES string of the molecule is CN(Cc1c2c(cc3c1OCC3)OCC2)C(=O)Cc1ccc(Cl)cc1. The van der Waals surface area contributed by atoms with Gasteiger partial charge in [0.2, 0.25) is 5.91 Å². The molecule has 0 fully saturated rings. The zero-order chi connectivity index (χ0) is 17.4. The van der Waals surface area contributed by atoms with Gasteiger partial charge in [0.05, 0.1) is 19.6 Å². The molecule has 0 aliphatic carbocycles. The number of benzene rings is 2. The van der Waals surface area contributed by atoms with Crippen molar-refractivity contribution in [3.05, 3.63) is 57.6 Å². The van der Waals surface area contributed by atoms with Gasteiger partial charge < -0.3 is 14.4 Å². The predicted molar refractivity (Wildman–Crippen MR) is 96.5 cm³/mol. The Labute approximate surface area is 152 Å². The Bertz CT molecular complexity index is 784. The largest absolute Gasteiger partial charge is 0.493 e. The summed E-state index contributed by atoms with van der Waals surface area (Å²) in [7, 11) is 1.84. The molecule has 130 valence electrons.